The second-order valence-electron chi connectivity index (χ2n) is 9.79. The van der Waals surface area contributed by atoms with Crippen LogP contribution in [0.3, 0.4) is 0 Å². The predicted octanol–water partition coefficient (Wildman–Crippen LogP) is 3.58. The zero-order chi connectivity index (χ0) is 22.3. The van der Waals surface area contributed by atoms with Crippen molar-refractivity contribution < 1.29 is 14.4 Å². The molecule has 3 aromatic carbocycles. The third-order valence-electron chi connectivity index (χ3n) is 8.09. The van der Waals surface area contributed by atoms with Crippen molar-refractivity contribution in [3.8, 4) is 0 Å². The molecule has 2 aliphatic carbocycles. The first-order valence-electron chi connectivity index (χ1n) is 11.5. The van der Waals surface area contributed by atoms with Crippen molar-refractivity contribution in [1.82, 2.24) is 0 Å². The minimum Gasteiger partial charge on any atom is -0.325 e. The highest BCUT2D eigenvalue weighted by Crippen LogP contribution is 2.49. The summed E-state index contributed by atoms with van der Waals surface area (Å²) in [5, 5.41) is 3.07. The summed E-state index contributed by atoms with van der Waals surface area (Å²) in [6.07, 6.45) is 2.51. The first kappa shape index (κ1) is 18.8. The van der Waals surface area contributed by atoms with Crippen LogP contribution in [0.5, 0.6) is 0 Å². The third-order valence-corrected chi connectivity index (χ3v) is 8.09. The van der Waals surface area contributed by atoms with Crippen molar-refractivity contribution in [3.05, 3.63) is 94.5 Å². The maximum atomic E-state index is 13.2. The number of nitrogens with one attached hydrogen (secondary N) is 1. The van der Waals surface area contributed by atoms with E-state index >= 15 is 0 Å². The fraction of sp³-hybridized carbons (Fsp3) is 0.250. The van der Waals surface area contributed by atoms with Gasteiger partial charge in [-0.3, -0.25) is 19.3 Å². The number of benzene rings is 3. The molecule has 3 aromatic rings. The van der Waals surface area contributed by atoms with Crippen LogP contribution in [0, 0.1) is 11.8 Å². The van der Waals surface area contributed by atoms with Gasteiger partial charge >= 0.3 is 0 Å². The van der Waals surface area contributed by atoms with Gasteiger partial charge in [0.15, 0.2) is 0 Å². The summed E-state index contributed by atoms with van der Waals surface area (Å²) in [6.45, 7) is 0. The summed E-state index contributed by atoms with van der Waals surface area (Å²) in [5.74, 6) is -0.743. The lowest BCUT2D eigenvalue weighted by atomic mass is 9.76. The molecule has 1 spiro atoms. The van der Waals surface area contributed by atoms with Crippen LogP contribution in [-0.4, -0.2) is 17.7 Å². The molecule has 2 unspecified atom stereocenters. The third kappa shape index (κ3) is 2.45. The van der Waals surface area contributed by atoms with E-state index in [9.17, 15) is 14.4 Å². The summed E-state index contributed by atoms with van der Waals surface area (Å²) in [6, 6.07) is 21.6. The van der Waals surface area contributed by atoms with Crippen LogP contribution in [0.4, 0.5) is 11.4 Å². The molecule has 0 radical (unpaired) electrons. The van der Waals surface area contributed by atoms with Crippen LogP contribution >= 0.6 is 0 Å². The lowest BCUT2D eigenvalue weighted by molar-refractivity contribution is -0.123. The van der Waals surface area contributed by atoms with Gasteiger partial charge in [-0.15, -0.1) is 0 Å². The number of imide groups is 1. The average Bonchev–Trinajstić information content (AvgIpc) is 3.42. The molecule has 0 saturated carbocycles. The van der Waals surface area contributed by atoms with E-state index in [4.69, 9.17) is 0 Å². The molecular formula is C28H22N2O3. The van der Waals surface area contributed by atoms with Gasteiger partial charge in [-0.2, -0.15) is 0 Å². The molecular weight excluding hydrogens is 412 g/mol. The second kappa shape index (κ2) is 6.41. The number of nitrogens with zero attached hydrogens (tertiary/aromatic N) is 1. The summed E-state index contributed by atoms with van der Waals surface area (Å²) in [5.41, 5.74) is 6.77. The second-order valence-corrected chi connectivity index (χ2v) is 9.79. The number of anilines is 2. The lowest BCUT2D eigenvalue weighted by Crippen LogP contribution is -2.35. The molecule has 162 valence electrons. The van der Waals surface area contributed by atoms with Gasteiger partial charge in [0.2, 0.25) is 17.7 Å². The van der Waals surface area contributed by atoms with Gasteiger partial charge in [-0.05, 0) is 71.7 Å². The molecule has 3 amide bonds. The van der Waals surface area contributed by atoms with Crippen molar-refractivity contribution in [3.63, 3.8) is 0 Å². The Bertz CT molecular complexity index is 1320. The van der Waals surface area contributed by atoms with E-state index in [-0.39, 0.29) is 29.6 Å². The highest BCUT2D eigenvalue weighted by molar-refractivity contribution is 6.22. The Hall–Kier alpha value is -3.73. The molecule has 2 aliphatic heterocycles. The Balaban J connectivity index is 1.24. The summed E-state index contributed by atoms with van der Waals surface area (Å²) < 4.78 is 0. The van der Waals surface area contributed by atoms with E-state index in [2.05, 4.69) is 23.5 Å². The molecule has 5 nitrogen and oxygen atoms in total. The van der Waals surface area contributed by atoms with Gasteiger partial charge < -0.3 is 5.32 Å². The zero-order valence-electron chi connectivity index (χ0n) is 18.0. The van der Waals surface area contributed by atoms with Crippen LogP contribution in [0.25, 0.3) is 0 Å². The predicted molar refractivity (Wildman–Crippen MR) is 124 cm³/mol. The van der Waals surface area contributed by atoms with Gasteiger partial charge in [0.25, 0.3) is 0 Å². The van der Waals surface area contributed by atoms with E-state index < -0.39 is 5.41 Å². The topological polar surface area (TPSA) is 66.5 Å². The van der Waals surface area contributed by atoms with E-state index in [0.29, 0.717) is 31.4 Å². The zero-order valence-corrected chi connectivity index (χ0v) is 18.0. The van der Waals surface area contributed by atoms with Crippen LogP contribution < -0.4 is 10.2 Å². The van der Waals surface area contributed by atoms with E-state index in [1.807, 2.05) is 48.5 Å². The molecule has 1 fully saturated rings. The number of rotatable bonds is 1. The maximum absolute atomic E-state index is 13.2. The van der Waals surface area contributed by atoms with Crippen LogP contribution in [0.15, 0.2) is 66.7 Å². The molecule has 2 atom stereocenters. The maximum Gasteiger partial charge on any atom is 0.238 e. The minimum absolute atomic E-state index is 0.0681. The summed E-state index contributed by atoms with van der Waals surface area (Å²) >= 11 is 0. The Labute approximate surface area is 191 Å². The number of hydrogen-bond donors (Lipinski definition) is 1. The first-order valence-corrected chi connectivity index (χ1v) is 11.5. The number of para-hydroxylation sites is 2. The summed E-state index contributed by atoms with van der Waals surface area (Å²) in [4.78, 5) is 40.9. The average molecular weight is 434 g/mol. The van der Waals surface area contributed by atoms with E-state index in [0.717, 1.165) is 22.4 Å². The smallest absolute Gasteiger partial charge is 0.238 e. The van der Waals surface area contributed by atoms with Crippen molar-refractivity contribution in [2.45, 2.75) is 31.1 Å². The Morgan fingerprint density at radius 1 is 0.727 bits per heavy atom. The fourth-order valence-electron chi connectivity index (χ4n) is 6.49. The highest BCUT2D eigenvalue weighted by atomic mass is 16.2. The molecule has 0 aromatic heterocycles. The molecule has 2 heterocycles. The molecule has 1 N–H and O–H groups in total. The Morgan fingerprint density at radius 3 is 1.94 bits per heavy atom. The van der Waals surface area contributed by atoms with Crippen molar-refractivity contribution in [2.24, 2.45) is 11.8 Å². The largest absolute Gasteiger partial charge is 0.325 e. The number of carbonyl (C=O) groups excluding carboxylic acids is 3. The molecule has 1 saturated heterocycles. The monoisotopic (exact) mass is 434 g/mol. The number of carbonyl (C=O) groups is 3. The molecule has 0 bridgehead atoms. The number of amides is 3. The summed E-state index contributed by atoms with van der Waals surface area (Å²) in [7, 11) is 0. The van der Waals surface area contributed by atoms with E-state index in [1.165, 1.54) is 16.0 Å². The molecule has 7 rings (SSSR count). The number of hydrogen-bond acceptors (Lipinski definition) is 3. The van der Waals surface area contributed by atoms with Gasteiger partial charge in [-0.1, -0.05) is 48.5 Å². The minimum atomic E-state index is -0.547. The first-order chi connectivity index (χ1) is 16.0. The van der Waals surface area contributed by atoms with E-state index in [1.54, 1.807) is 0 Å². The normalized spacial score (nSPS) is 26.8. The quantitative estimate of drug-likeness (QED) is 0.596. The van der Waals surface area contributed by atoms with Crippen LogP contribution in [0.2, 0.25) is 0 Å². The van der Waals surface area contributed by atoms with Gasteiger partial charge in [0.05, 0.1) is 22.9 Å². The number of fused-ring (bicyclic) bond motifs is 5. The Kier molecular flexibility index (Phi) is 3.65. The molecule has 5 heteroatoms. The van der Waals surface area contributed by atoms with Crippen LogP contribution in [-0.2, 0) is 45.5 Å². The van der Waals surface area contributed by atoms with Gasteiger partial charge in [0, 0.05) is 5.69 Å². The van der Waals surface area contributed by atoms with Gasteiger partial charge in [0.1, 0.15) is 0 Å². The standard InChI is InChI=1S/C28H22N2O3/c31-25-21-12-16-10-18-14-28(23-8-4-5-9-24(23)29-27(28)33)15-19(18)11-17(16)13-22(21)26(32)30(25)20-6-2-1-3-7-20/h1-11,21-22H,12-15H2,(H,29,33). The van der Waals surface area contributed by atoms with Crippen molar-refractivity contribution >= 4 is 29.1 Å². The SMILES string of the molecule is O=C1C2Cc3cc4c(cc3CC2C(=O)N1c1ccccc1)CC1(C4)C(=O)Nc2ccccc21. The van der Waals surface area contributed by atoms with Crippen molar-refractivity contribution in [1.29, 1.82) is 0 Å². The Morgan fingerprint density at radius 2 is 1.30 bits per heavy atom. The van der Waals surface area contributed by atoms with Crippen molar-refractivity contribution in [2.75, 3.05) is 10.2 Å². The highest BCUT2D eigenvalue weighted by Gasteiger charge is 2.53. The molecule has 33 heavy (non-hydrogen) atoms. The lowest BCUT2D eigenvalue weighted by Gasteiger charge is -2.25. The van der Waals surface area contributed by atoms with Gasteiger partial charge in [-0.25, -0.2) is 0 Å². The fourth-order valence-corrected chi connectivity index (χ4v) is 6.49. The van der Waals surface area contributed by atoms with Crippen LogP contribution in [0.1, 0.15) is 27.8 Å². The molecule has 4 aliphatic rings.